The quantitative estimate of drug-likeness (QED) is 0.0545. The van der Waals surface area contributed by atoms with Crippen molar-refractivity contribution >= 4 is 23.6 Å². The third-order valence-corrected chi connectivity index (χ3v) is 9.63. The number of primary amides is 1. The summed E-state index contributed by atoms with van der Waals surface area (Å²) in [6.07, 6.45) is 5.35. The van der Waals surface area contributed by atoms with Crippen LogP contribution in [0.3, 0.4) is 0 Å². The second-order valence-corrected chi connectivity index (χ2v) is 13.1. The first-order valence-corrected chi connectivity index (χ1v) is 17.9. The molecule has 13 nitrogen and oxygen atoms in total. The summed E-state index contributed by atoms with van der Waals surface area (Å²) in [5, 5.41) is 11.8. The van der Waals surface area contributed by atoms with Crippen molar-refractivity contribution in [3.8, 4) is 28.0 Å². The monoisotopic (exact) mass is 699 g/mol. The van der Waals surface area contributed by atoms with Gasteiger partial charge in [0.1, 0.15) is 18.9 Å². The van der Waals surface area contributed by atoms with Crippen LogP contribution in [0.1, 0.15) is 69.9 Å². The second-order valence-electron chi connectivity index (χ2n) is 13.1. The molecule has 0 heterocycles. The number of unbranched alkanes of at least 4 members (excludes halogenated alkanes) is 2. The number of nitrogens with two attached hydrogens (primary N) is 1. The molecule has 13 heteroatoms. The molecule has 0 aromatic heterocycles. The van der Waals surface area contributed by atoms with Gasteiger partial charge in [0.05, 0.1) is 6.54 Å². The number of rotatable bonds is 21. The maximum absolute atomic E-state index is 13.5. The molecule has 4 rings (SSSR count). The Balaban J connectivity index is 1.26. The third-order valence-electron chi connectivity index (χ3n) is 9.63. The maximum Gasteiger partial charge on any atom is 0.225 e. The summed E-state index contributed by atoms with van der Waals surface area (Å²) in [4.78, 5) is 65.4. The Morgan fingerprint density at radius 3 is 2.16 bits per heavy atom. The van der Waals surface area contributed by atoms with Crippen molar-refractivity contribution in [2.45, 2.75) is 71.6 Å². The molecular weight excluding hydrogens is 650 g/mol. The number of fused-ring (bicyclic) bond motifs is 5. The first-order chi connectivity index (χ1) is 24.7. The van der Waals surface area contributed by atoms with Crippen molar-refractivity contribution in [3.63, 3.8) is 0 Å². The Morgan fingerprint density at radius 1 is 0.824 bits per heavy atom. The van der Waals surface area contributed by atoms with Crippen LogP contribution in [0, 0.1) is 17.8 Å². The van der Waals surface area contributed by atoms with Gasteiger partial charge in [-0.1, -0.05) is 49.3 Å². The zero-order valence-electron chi connectivity index (χ0n) is 29.5. The van der Waals surface area contributed by atoms with E-state index in [1.807, 2.05) is 50.2 Å². The van der Waals surface area contributed by atoms with Crippen LogP contribution in [-0.4, -0.2) is 56.4 Å². The van der Waals surface area contributed by atoms with Gasteiger partial charge in [-0.3, -0.25) is 24.0 Å². The topological polar surface area (TPSA) is 205 Å². The predicted octanol–water partition coefficient (Wildman–Crippen LogP) is 4.50. The molecule has 0 fully saturated rings. The van der Waals surface area contributed by atoms with E-state index in [1.165, 1.54) is 0 Å². The van der Waals surface area contributed by atoms with Crippen LogP contribution in [0.4, 0.5) is 0 Å². The van der Waals surface area contributed by atoms with Gasteiger partial charge in [-0.2, -0.15) is 0 Å². The summed E-state index contributed by atoms with van der Waals surface area (Å²) in [7, 11) is 0. The summed E-state index contributed by atoms with van der Waals surface area (Å²) in [6.45, 7) is 4.88. The summed E-state index contributed by atoms with van der Waals surface area (Å²) >= 11 is 0. The van der Waals surface area contributed by atoms with E-state index >= 15 is 0 Å². The van der Waals surface area contributed by atoms with Crippen LogP contribution >= 0.6 is 0 Å². The van der Waals surface area contributed by atoms with E-state index in [9.17, 15) is 24.0 Å². The van der Waals surface area contributed by atoms with Gasteiger partial charge in [-0.15, -0.1) is 0 Å². The van der Waals surface area contributed by atoms with Crippen molar-refractivity contribution in [1.29, 1.82) is 0 Å². The molecule has 0 spiro atoms. The minimum Gasteiger partial charge on any atom is -0.492 e. The summed E-state index contributed by atoms with van der Waals surface area (Å²) in [5.41, 5.74) is 19.8. The smallest absolute Gasteiger partial charge is 0.225 e. The van der Waals surface area contributed by atoms with E-state index in [2.05, 4.69) is 32.0 Å². The molecule has 1 aliphatic carbocycles. The van der Waals surface area contributed by atoms with Gasteiger partial charge in [0.15, 0.2) is 5.43 Å². The number of ether oxygens (including phenoxy) is 1. The average Bonchev–Trinajstić information content (AvgIpc) is 3.78. The molecule has 3 aromatic rings. The highest BCUT2D eigenvalue weighted by molar-refractivity contribution is 5.96. The number of nitrogens with one attached hydrogen (secondary N) is 3. The van der Waals surface area contributed by atoms with E-state index in [1.54, 1.807) is 0 Å². The molecule has 0 aliphatic heterocycles. The van der Waals surface area contributed by atoms with Gasteiger partial charge in [-0.05, 0) is 97.7 Å². The lowest BCUT2D eigenvalue weighted by Crippen LogP contribution is -2.39. The van der Waals surface area contributed by atoms with E-state index in [4.69, 9.17) is 16.0 Å². The van der Waals surface area contributed by atoms with E-state index in [-0.39, 0.29) is 55.7 Å². The molecule has 3 atom stereocenters. The zero-order valence-corrected chi connectivity index (χ0v) is 29.5. The molecule has 0 bridgehead atoms. The van der Waals surface area contributed by atoms with Crippen LogP contribution in [-0.2, 0) is 32.0 Å². The number of hydrogen-bond donors (Lipinski definition) is 4. The van der Waals surface area contributed by atoms with Crippen molar-refractivity contribution < 1.29 is 23.9 Å². The fourth-order valence-corrected chi connectivity index (χ4v) is 6.64. The van der Waals surface area contributed by atoms with Crippen molar-refractivity contribution in [2.24, 2.45) is 28.6 Å². The Labute approximate surface area is 298 Å². The van der Waals surface area contributed by atoms with Crippen molar-refractivity contribution in [1.82, 2.24) is 16.0 Å². The Hall–Kier alpha value is -5.16. The summed E-state index contributed by atoms with van der Waals surface area (Å²) < 4.78 is 6.02. The van der Waals surface area contributed by atoms with Crippen LogP contribution in [0.2, 0.25) is 0 Å². The zero-order chi connectivity index (χ0) is 36.8. The minimum atomic E-state index is -0.593. The lowest BCUT2D eigenvalue weighted by molar-refractivity contribution is -0.129. The number of benzene rings is 2. The SMILES string of the molecule is CCC(CC(CC(CC)C(=O)NCCCCCNC(=O)CN=[N+]=[N-])C(=O)NCCOc1ccc2c(c1)CCc1ccccc1-c1c-2c1=O)C(N)=O. The number of carbonyl (C=O) groups is 4. The first-order valence-electron chi connectivity index (χ1n) is 17.9. The number of nitrogens with zero attached hydrogens (tertiary/aromatic N) is 3. The Kier molecular flexibility index (Phi) is 14.6. The predicted molar refractivity (Wildman–Crippen MR) is 195 cm³/mol. The van der Waals surface area contributed by atoms with Crippen LogP contribution in [0.15, 0.2) is 52.4 Å². The molecular formula is C38H49N7O6. The Bertz CT molecular complexity index is 1740. The van der Waals surface area contributed by atoms with Crippen molar-refractivity contribution in [3.05, 3.63) is 74.3 Å². The van der Waals surface area contributed by atoms with E-state index in [0.717, 1.165) is 52.6 Å². The third kappa shape index (κ3) is 10.9. The maximum atomic E-state index is 13.5. The van der Waals surface area contributed by atoms with Gasteiger partial charge < -0.3 is 26.4 Å². The molecule has 3 aromatic carbocycles. The molecule has 51 heavy (non-hydrogen) atoms. The van der Waals surface area contributed by atoms with Gasteiger partial charge in [0.2, 0.25) is 23.6 Å². The van der Waals surface area contributed by atoms with Crippen LogP contribution in [0.5, 0.6) is 5.75 Å². The summed E-state index contributed by atoms with van der Waals surface area (Å²) in [5.74, 6) is -2.06. The lowest BCUT2D eigenvalue weighted by Gasteiger charge is -2.24. The highest BCUT2D eigenvalue weighted by Crippen LogP contribution is 2.41. The molecule has 272 valence electrons. The molecule has 0 saturated carbocycles. The summed E-state index contributed by atoms with van der Waals surface area (Å²) in [6, 6.07) is 13.8. The van der Waals surface area contributed by atoms with Gasteiger partial charge in [0.25, 0.3) is 0 Å². The molecule has 0 saturated heterocycles. The molecule has 5 N–H and O–H groups in total. The van der Waals surface area contributed by atoms with E-state index in [0.29, 0.717) is 44.5 Å². The average molecular weight is 700 g/mol. The molecule has 0 radical (unpaired) electrons. The number of aryl methyl sites for hydroxylation is 2. The second kappa shape index (κ2) is 19.3. The largest absolute Gasteiger partial charge is 0.492 e. The normalized spacial score (nSPS) is 13.5. The molecule has 4 amide bonds. The van der Waals surface area contributed by atoms with Gasteiger partial charge >= 0.3 is 0 Å². The molecule has 3 unspecified atom stereocenters. The van der Waals surface area contributed by atoms with Crippen LogP contribution in [0.25, 0.3) is 32.7 Å². The lowest BCUT2D eigenvalue weighted by atomic mass is 9.83. The first kappa shape index (κ1) is 38.6. The Morgan fingerprint density at radius 2 is 1.45 bits per heavy atom. The number of azide groups is 1. The fourth-order valence-electron chi connectivity index (χ4n) is 6.64. The van der Waals surface area contributed by atoms with E-state index < -0.39 is 23.7 Å². The van der Waals surface area contributed by atoms with Gasteiger partial charge in [0, 0.05) is 46.9 Å². The highest BCUT2D eigenvalue weighted by atomic mass is 16.5. The molecule has 1 aliphatic rings. The minimum absolute atomic E-state index is 0.0984. The number of hydrogen-bond acceptors (Lipinski definition) is 7. The van der Waals surface area contributed by atoms with Crippen molar-refractivity contribution in [2.75, 3.05) is 32.8 Å². The fraction of sp³-hybridized carbons (Fsp3) is 0.500. The number of amides is 4. The highest BCUT2D eigenvalue weighted by Gasteiger charge is 2.31. The van der Waals surface area contributed by atoms with Gasteiger partial charge in [-0.25, -0.2) is 0 Å². The standard InChI is InChI=1S/C38H49N7O6/c1-3-24(36(39)48)20-28(21-25(4-2)37(49)42-17-9-5-8-16-41-32(46)23-44-45-40)38(50)43-18-19-51-29-14-15-31-27(22-29)13-12-26-10-6-7-11-30(26)33-34(31)35(33)47/h6-7,10-11,14-15,22,24-25,28H,3-5,8-9,12-13,16-21,23H2,1-2H3,(H2,39,48)(H,41,46)(H,42,49)(H,43,50). The van der Waals surface area contributed by atoms with Crippen LogP contribution < -0.4 is 31.8 Å². The number of carbonyl (C=O) groups excluding carboxylic acids is 4.